The molecule has 0 aliphatic carbocycles. The maximum atomic E-state index is 12.9. The fourth-order valence-electron chi connectivity index (χ4n) is 4.14. The van der Waals surface area contributed by atoms with Crippen LogP contribution in [0.4, 0.5) is 0 Å². The number of fused-ring (bicyclic) bond motifs is 2. The van der Waals surface area contributed by atoms with Crippen molar-refractivity contribution in [1.82, 2.24) is 0 Å². The zero-order valence-electron chi connectivity index (χ0n) is 19.5. The molecule has 0 fully saturated rings. The van der Waals surface area contributed by atoms with E-state index >= 15 is 0 Å². The molecular weight excluding hydrogens is 476 g/mol. The van der Waals surface area contributed by atoms with Gasteiger partial charge in [-0.25, -0.2) is 4.79 Å². The molecule has 4 rings (SSSR count). The van der Waals surface area contributed by atoms with Crippen molar-refractivity contribution >= 4 is 45.4 Å². The van der Waals surface area contributed by atoms with Gasteiger partial charge in [0.25, 0.3) is 0 Å². The number of carbonyl (C=O) groups excluding carboxylic acids is 2. The van der Waals surface area contributed by atoms with Gasteiger partial charge in [-0.1, -0.05) is 79.4 Å². The van der Waals surface area contributed by atoms with Crippen LogP contribution in [0, 0.1) is 5.41 Å². The molecule has 8 nitrogen and oxygen atoms in total. The van der Waals surface area contributed by atoms with Crippen LogP contribution in [0.5, 0.6) is 11.5 Å². The molecule has 0 amide bonds. The number of carbonyl (C=O) groups is 4. The number of ether oxygens (including phenoxy) is 2. The van der Waals surface area contributed by atoms with Gasteiger partial charge in [-0.2, -0.15) is 0 Å². The van der Waals surface area contributed by atoms with Crippen molar-refractivity contribution in [3.05, 3.63) is 97.1 Å². The van der Waals surface area contributed by atoms with Crippen LogP contribution >= 0.6 is 0 Å². The molecule has 0 heterocycles. The molecule has 37 heavy (non-hydrogen) atoms. The fourth-order valence-corrected chi connectivity index (χ4v) is 4.14. The third-order valence-corrected chi connectivity index (χ3v) is 6.08. The van der Waals surface area contributed by atoms with Crippen LogP contribution in [0.1, 0.15) is 12.8 Å². The molecule has 0 spiro atoms. The first-order chi connectivity index (χ1) is 17.7. The van der Waals surface area contributed by atoms with Gasteiger partial charge in [0.05, 0.1) is 12.8 Å². The van der Waals surface area contributed by atoms with E-state index in [4.69, 9.17) is 9.47 Å². The second-order valence-electron chi connectivity index (χ2n) is 8.43. The number of aliphatic carboxylic acids is 2. The average Bonchev–Trinajstić information content (AvgIpc) is 2.88. The minimum Gasteiger partial charge on any atom is -0.481 e. The molecule has 8 heteroatoms. The first-order valence-corrected chi connectivity index (χ1v) is 11.2. The SMILES string of the molecule is C=C(C(=O)O)C(CC(=O)Oc1cccc2ccccc12)(CC(=O)Oc1cccc2ccccc12)C(=O)O. The highest BCUT2D eigenvalue weighted by Gasteiger charge is 2.49. The van der Waals surface area contributed by atoms with E-state index in [0.29, 0.717) is 10.8 Å². The molecular formula is C29H22O8. The minimum atomic E-state index is -2.50. The van der Waals surface area contributed by atoms with E-state index in [-0.39, 0.29) is 11.5 Å². The highest BCUT2D eigenvalue weighted by molar-refractivity contribution is 6.01. The standard InChI is InChI=1S/C29H22O8/c1-18(27(32)33)29(28(34)35,16-25(30)36-23-14-6-10-19-8-2-4-12-21(19)23)17-26(31)37-24-15-7-11-20-9-3-5-13-22(20)24/h2-15H,1,16-17H2,(H,32,33)(H,34,35). The second-order valence-corrected chi connectivity index (χ2v) is 8.43. The number of carboxylic acids is 2. The normalized spacial score (nSPS) is 11.1. The maximum Gasteiger partial charge on any atom is 0.332 e. The van der Waals surface area contributed by atoms with Gasteiger partial charge < -0.3 is 19.7 Å². The Labute approximate surface area is 211 Å². The van der Waals surface area contributed by atoms with Gasteiger partial charge >= 0.3 is 23.9 Å². The average molecular weight is 498 g/mol. The van der Waals surface area contributed by atoms with Crippen molar-refractivity contribution in [3.8, 4) is 11.5 Å². The second kappa shape index (κ2) is 10.3. The van der Waals surface area contributed by atoms with Crippen LogP contribution < -0.4 is 9.47 Å². The molecule has 0 aromatic heterocycles. The van der Waals surface area contributed by atoms with Crippen molar-refractivity contribution < 1.29 is 38.9 Å². The molecule has 4 aromatic carbocycles. The number of rotatable bonds is 9. The van der Waals surface area contributed by atoms with Crippen molar-refractivity contribution in [2.24, 2.45) is 5.41 Å². The van der Waals surface area contributed by atoms with Crippen LogP contribution in [0.25, 0.3) is 21.5 Å². The summed E-state index contributed by atoms with van der Waals surface area (Å²) in [5.74, 6) is -5.13. The molecule has 0 radical (unpaired) electrons. The Bertz CT molecular complexity index is 1450. The molecule has 0 saturated carbocycles. The quantitative estimate of drug-likeness (QED) is 0.188. The molecule has 4 aromatic rings. The fraction of sp³-hybridized carbons (Fsp3) is 0.103. The Morgan fingerprint density at radius 1 is 0.649 bits per heavy atom. The Hall–Kier alpha value is -4.98. The maximum absolute atomic E-state index is 12.9. The summed E-state index contributed by atoms with van der Waals surface area (Å²) in [6.45, 7) is 3.37. The van der Waals surface area contributed by atoms with E-state index in [2.05, 4.69) is 6.58 Å². The van der Waals surface area contributed by atoms with Crippen molar-refractivity contribution in [1.29, 1.82) is 0 Å². The topological polar surface area (TPSA) is 127 Å². The van der Waals surface area contributed by atoms with Crippen molar-refractivity contribution in [2.45, 2.75) is 12.8 Å². The monoisotopic (exact) mass is 498 g/mol. The van der Waals surface area contributed by atoms with E-state index in [0.717, 1.165) is 10.8 Å². The van der Waals surface area contributed by atoms with Crippen LogP contribution in [-0.4, -0.2) is 34.1 Å². The number of hydrogen-bond donors (Lipinski definition) is 2. The number of benzene rings is 4. The summed E-state index contributed by atoms with van der Waals surface area (Å²) in [6, 6.07) is 24.2. The predicted molar refractivity (Wildman–Crippen MR) is 135 cm³/mol. The van der Waals surface area contributed by atoms with Gasteiger partial charge in [0.1, 0.15) is 16.9 Å². The lowest BCUT2D eigenvalue weighted by Crippen LogP contribution is -2.41. The Morgan fingerprint density at radius 2 is 1.05 bits per heavy atom. The molecule has 0 bridgehead atoms. The highest BCUT2D eigenvalue weighted by atomic mass is 16.5. The van der Waals surface area contributed by atoms with Crippen molar-refractivity contribution in [3.63, 3.8) is 0 Å². The summed E-state index contributed by atoms with van der Waals surface area (Å²) in [6.07, 6.45) is -1.91. The van der Waals surface area contributed by atoms with E-state index < -0.39 is 47.7 Å². The Morgan fingerprint density at radius 3 is 1.46 bits per heavy atom. The molecule has 0 aliphatic heterocycles. The lowest BCUT2D eigenvalue weighted by molar-refractivity contribution is -0.158. The summed E-state index contributed by atoms with van der Waals surface area (Å²) >= 11 is 0. The number of esters is 2. The van der Waals surface area contributed by atoms with E-state index in [1.165, 1.54) is 12.1 Å². The third kappa shape index (κ3) is 5.18. The summed E-state index contributed by atoms with van der Waals surface area (Å²) in [7, 11) is 0. The van der Waals surface area contributed by atoms with Crippen LogP contribution in [0.3, 0.4) is 0 Å². The van der Waals surface area contributed by atoms with Crippen molar-refractivity contribution in [2.75, 3.05) is 0 Å². The van der Waals surface area contributed by atoms with Gasteiger partial charge in [0.2, 0.25) is 0 Å². The van der Waals surface area contributed by atoms with Crippen LogP contribution in [0.15, 0.2) is 97.1 Å². The zero-order chi connectivity index (χ0) is 26.6. The molecule has 186 valence electrons. The largest absolute Gasteiger partial charge is 0.481 e. The zero-order valence-corrected chi connectivity index (χ0v) is 19.5. The van der Waals surface area contributed by atoms with Gasteiger partial charge in [-0.05, 0) is 22.9 Å². The smallest absolute Gasteiger partial charge is 0.332 e. The minimum absolute atomic E-state index is 0.168. The number of hydrogen-bond acceptors (Lipinski definition) is 6. The molecule has 0 saturated heterocycles. The lowest BCUT2D eigenvalue weighted by atomic mass is 9.75. The molecule has 2 N–H and O–H groups in total. The van der Waals surface area contributed by atoms with Crippen LogP contribution in [0.2, 0.25) is 0 Å². The summed E-state index contributed by atoms with van der Waals surface area (Å²) in [5.41, 5.74) is -3.35. The van der Waals surface area contributed by atoms with E-state index in [9.17, 15) is 29.4 Å². The Kier molecular flexibility index (Phi) is 7.01. The van der Waals surface area contributed by atoms with Gasteiger partial charge in [-0.15, -0.1) is 0 Å². The summed E-state index contributed by atoms with van der Waals surface area (Å²) in [5, 5.41) is 22.4. The summed E-state index contributed by atoms with van der Waals surface area (Å²) < 4.78 is 10.9. The van der Waals surface area contributed by atoms with E-state index in [1.54, 1.807) is 36.4 Å². The molecule has 0 unspecified atom stereocenters. The number of carboxylic acid groups (broad SMARTS) is 2. The van der Waals surface area contributed by atoms with Gasteiger partial charge in [0.15, 0.2) is 0 Å². The van der Waals surface area contributed by atoms with E-state index in [1.807, 2.05) is 36.4 Å². The summed E-state index contributed by atoms with van der Waals surface area (Å²) in [4.78, 5) is 50.1. The first-order valence-electron chi connectivity index (χ1n) is 11.2. The highest BCUT2D eigenvalue weighted by Crippen LogP contribution is 2.38. The Balaban J connectivity index is 1.63. The van der Waals surface area contributed by atoms with Gasteiger partial charge in [0, 0.05) is 16.3 Å². The van der Waals surface area contributed by atoms with Gasteiger partial charge in [-0.3, -0.25) is 14.4 Å². The third-order valence-electron chi connectivity index (χ3n) is 6.08. The lowest BCUT2D eigenvalue weighted by Gasteiger charge is -2.27. The molecule has 0 atom stereocenters. The predicted octanol–water partition coefficient (Wildman–Crippen LogP) is 5.00. The van der Waals surface area contributed by atoms with Crippen LogP contribution in [-0.2, 0) is 19.2 Å². The first kappa shape index (κ1) is 25.1. The molecule has 0 aliphatic rings.